The van der Waals surface area contributed by atoms with Crippen LogP contribution in [0.3, 0.4) is 0 Å². The number of allylic oxidation sites excluding steroid dienone is 6. The molecular formula is C16H18N2O2. The SMILES string of the molecule is C=C\C=C(/C=C\C=C\C)C1NC(=O)C2=C(C)NC(=O)C21. The summed E-state index contributed by atoms with van der Waals surface area (Å²) in [5.41, 5.74) is 2.06. The van der Waals surface area contributed by atoms with Gasteiger partial charge in [0, 0.05) is 5.70 Å². The Morgan fingerprint density at radius 1 is 1.30 bits per heavy atom. The van der Waals surface area contributed by atoms with Crippen LogP contribution in [0.15, 0.2) is 59.9 Å². The molecule has 2 aliphatic heterocycles. The number of carbonyl (C=O) groups is 2. The molecule has 0 aliphatic carbocycles. The summed E-state index contributed by atoms with van der Waals surface area (Å²) < 4.78 is 0. The van der Waals surface area contributed by atoms with E-state index in [0.29, 0.717) is 11.3 Å². The highest BCUT2D eigenvalue weighted by Gasteiger charge is 2.47. The molecule has 2 heterocycles. The average Bonchev–Trinajstić information content (AvgIpc) is 2.89. The zero-order valence-corrected chi connectivity index (χ0v) is 11.6. The van der Waals surface area contributed by atoms with Gasteiger partial charge in [0.1, 0.15) is 0 Å². The third-order valence-corrected chi connectivity index (χ3v) is 3.43. The molecule has 104 valence electrons. The second kappa shape index (κ2) is 5.74. The molecule has 1 saturated heterocycles. The first-order valence-corrected chi connectivity index (χ1v) is 6.54. The van der Waals surface area contributed by atoms with Crippen LogP contribution in [0.4, 0.5) is 0 Å². The first-order chi connectivity index (χ1) is 9.60. The Morgan fingerprint density at radius 2 is 2.05 bits per heavy atom. The van der Waals surface area contributed by atoms with Gasteiger partial charge in [0.15, 0.2) is 0 Å². The molecular weight excluding hydrogens is 252 g/mol. The zero-order valence-electron chi connectivity index (χ0n) is 11.6. The van der Waals surface area contributed by atoms with Crippen molar-refractivity contribution in [3.8, 4) is 0 Å². The average molecular weight is 270 g/mol. The Morgan fingerprint density at radius 3 is 2.70 bits per heavy atom. The van der Waals surface area contributed by atoms with Crippen molar-refractivity contribution in [1.29, 1.82) is 0 Å². The van der Waals surface area contributed by atoms with Crippen LogP contribution in [0.25, 0.3) is 0 Å². The van der Waals surface area contributed by atoms with E-state index in [1.807, 2.05) is 37.3 Å². The van der Waals surface area contributed by atoms with Crippen LogP contribution in [0.2, 0.25) is 0 Å². The number of amides is 2. The second-order valence-corrected chi connectivity index (χ2v) is 4.74. The molecule has 2 atom stereocenters. The smallest absolute Gasteiger partial charge is 0.250 e. The van der Waals surface area contributed by atoms with Crippen LogP contribution in [0.5, 0.6) is 0 Å². The summed E-state index contributed by atoms with van der Waals surface area (Å²) in [6.45, 7) is 7.36. The summed E-state index contributed by atoms with van der Waals surface area (Å²) >= 11 is 0. The van der Waals surface area contributed by atoms with Crippen molar-refractivity contribution in [2.24, 2.45) is 5.92 Å². The van der Waals surface area contributed by atoms with Crippen LogP contribution in [-0.2, 0) is 9.59 Å². The lowest BCUT2D eigenvalue weighted by atomic mass is 9.91. The fourth-order valence-corrected chi connectivity index (χ4v) is 2.58. The van der Waals surface area contributed by atoms with E-state index in [0.717, 1.165) is 5.57 Å². The van der Waals surface area contributed by atoms with Crippen molar-refractivity contribution >= 4 is 11.8 Å². The van der Waals surface area contributed by atoms with Crippen molar-refractivity contribution < 1.29 is 9.59 Å². The minimum Gasteiger partial charge on any atom is -0.344 e. The fourth-order valence-electron chi connectivity index (χ4n) is 2.58. The number of nitrogens with one attached hydrogen (secondary N) is 2. The van der Waals surface area contributed by atoms with Gasteiger partial charge in [0.25, 0.3) is 0 Å². The Kier molecular flexibility index (Phi) is 4.03. The van der Waals surface area contributed by atoms with E-state index in [1.54, 1.807) is 13.0 Å². The minimum atomic E-state index is -0.455. The molecule has 2 rings (SSSR count). The van der Waals surface area contributed by atoms with Crippen molar-refractivity contribution in [2.45, 2.75) is 19.9 Å². The molecule has 0 saturated carbocycles. The van der Waals surface area contributed by atoms with Gasteiger partial charge < -0.3 is 10.6 Å². The largest absolute Gasteiger partial charge is 0.344 e. The van der Waals surface area contributed by atoms with Gasteiger partial charge in [0.05, 0.1) is 17.5 Å². The topological polar surface area (TPSA) is 58.2 Å². The van der Waals surface area contributed by atoms with E-state index < -0.39 is 5.92 Å². The van der Waals surface area contributed by atoms with Crippen LogP contribution >= 0.6 is 0 Å². The first-order valence-electron chi connectivity index (χ1n) is 6.54. The zero-order chi connectivity index (χ0) is 14.7. The van der Waals surface area contributed by atoms with E-state index in [1.165, 1.54) is 0 Å². The highest BCUT2D eigenvalue weighted by atomic mass is 16.2. The highest BCUT2D eigenvalue weighted by Crippen LogP contribution is 2.33. The van der Waals surface area contributed by atoms with Crippen LogP contribution in [0.1, 0.15) is 13.8 Å². The monoisotopic (exact) mass is 270 g/mol. The lowest BCUT2D eigenvalue weighted by Crippen LogP contribution is -2.36. The molecule has 2 N–H and O–H groups in total. The number of hydrogen-bond donors (Lipinski definition) is 2. The number of fused-ring (bicyclic) bond motifs is 1. The minimum absolute atomic E-state index is 0.129. The molecule has 0 aromatic rings. The van der Waals surface area contributed by atoms with Crippen molar-refractivity contribution in [3.63, 3.8) is 0 Å². The predicted molar refractivity (Wildman–Crippen MR) is 78.5 cm³/mol. The van der Waals surface area contributed by atoms with Crippen LogP contribution < -0.4 is 10.6 Å². The fraction of sp³-hybridized carbons (Fsp3) is 0.250. The van der Waals surface area contributed by atoms with Crippen LogP contribution in [0, 0.1) is 5.92 Å². The van der Waals surface area contributed by atoms with Gasteiger partial charge in [0.2, 0.25) is 11.8 Å². The Bertz CT molecular complexity index is 579. The lowest BCUT2D eigenvalue weighted by molar-refractivity contribution is -0.122. The summed E-state index contributed by atoms with van der Waals surface area (Å²) in [5, 5.41) is 5.61. The third kappa shape index (κ3) is 2.37. The van der Waals surface area contributed by atoms with Gasteiger partial charge in [-0.1, -0.05) is 43.0 Å². The van der Waals surface area contributed by atoms with E-state index in [2.05, 4.69) is 17.2 Å². The maximum atomic E-state index is 12.0. The second-order valence-electron chi connectivity index (χ2n) is 4.74. The molecule has 0 radical (unpaired) electrons. The molecule has 20 heavy (non-hydrogen) atoms. The summed E-state index contributed by atoms with van der Waals surface area (Å²) in [6.07, 6.45) is 11.0. The first kappa shape index (κ1) is 14.1. The quantitative estimate of drug-likeness (QED) is 0.765. The normalized spacial score (nSPS) is 26.4. The van der Waals surface area contributed by atoms with Crippen molar-refractivity contribution in [2.75, 3.05) is 0 Å². The molecule has 0 spiro atoms. The van der Waals surface area contributed by atoms with Gasteiger partial charge in [-0.2, -0.15) is 0 Å². The summed E-state index contributed by atoms with van der Waals surface area (Å²) in [7, 11) is 0. The molecule has 4 nitrogen and oxygen atoms in total. The summed E-state index contributed by atoms with van der Waals surface area (Å²) in [6, 6.07) is -0.338. The van der Waals surface area contributed by atoms with Gasteiger partial charge in [-0.15, -0.1) is 0 Å². The standard InChI is InChI=1S/C16H18N2O2/c1-4-6-7-9-11(8-5-2)14-13-12(15(19)18-14)10(3)17-16(13)20/h4-9,13-14H,2H2,1,3H3,(H,17,20)(H,18,19)/b6-4+,9-7-,11-8+. The maximum Gasteiger partial charge on any atom is 0.250 e. The van der Waals surface area contributed by atoms with Gasteiger partial charge in [-0.25, -0.2) is 0 Å². The Hall–Kier alpha value is -2.36. The molecule has 0 bridgehead atoms. The van der Waals surface area contributed by atoms with E-state index in [9.17, 15) is 9.59 Å². The summed E-state index contributed by atoms with van der Waals surface area (Å²) in [5.74, 6) is -0.760. The van der Waals surface area contributed by atoms with Gasteiger partial charge in [-0.05, 0) is 19.4 Å². The number of rotatable bonds is 4. The van der Waals surface area contributed by atoms with E-state index >= 15 is 0 Å². The van der Waals surface area contributed by atoms with Crippen molar-refractivity contribution in [1.82, 2.24) is 10.6 Å². The Labute approximate surface area is 118 Å². The predicted octanol–water partition coefficient (Wildman–Crippen LogP) is 1.75. The number of carbonyl (C=O) groups excluding carboxylic acids is 2. The van der Waals surface area contributed by atoms with Crippen molar-refractivity contribution in [3.05, 3.63) is 59.9 Å². The maximum absolute atomic E-state index is 12.0. The van der Waals surface area contributed by atoms with Gasteiger partial charge >= 0.3 is 0 Å². The molecule has 2 unspecified atom stereocenters. The molecule has 4 heteroatoms. The van der Waals surface area contributed by atoms with Crippen LogP contribution in [-0.4, -0.2) is 17.9 Å². The Balaban J connectivity index is 2.36. The van der Waals surface area contributed by atoms with Gasteiger partial charge in [-0.3, -0.25) is 9.59 Å². The molecule has 1 fully saturated rings. The molecule has 2 aliphatic rings. The third-order valence-electron chi connectivity index (χ3n) is 3.43. The highest BCUT2D eigenvalue weighted by molar-refractivity contribution is 6.08. The van der Waals surface area contributed by atoms with E-state index in [-0.39, 0.29) is 17.9 Å². The molecule has 2 amide bonds. The summed E-state index contributed by atoms with van der Waals surface area (Å²) in [4.78, 5) is 24.0. The lowest BCUT2D eigenvalue weighted by Gasteiger charge is -2.16. The molecule has 0 aromatic heterocycles. The molecule has 0 aromatic carbocycles. The van der Waals surface area contributed by atoms with E-state index in [4.69, 9.17) is 0 Å². The number of hydrogen-bond acceptors (Lipinski definition) is 2.